The number of methoxy groups -OCH3 is 1. The van der Waals surface area contributed by atoms with Crippen LogP contribution in [-0.2, 0) is 19.1 Å². The molecular formula is C11H10BrFO4. The molecule has 0 aliphatic rings. The van der Waals surface area contributed by atoms with Gasteiger partial charge in [-0.05, 0) is 18.2 Å². The first-order valence-corrected chi connectivity index (χ1v) is 5.45. The highest BCUT2D eigenvalue weighted by molar-refractivity contribution is 9.10. The summed E-state index contributed by atoms with van der Waals surface area (Å²) in [5, 5.41) is 0. The number of carbonyl (C=O) groups excluding carboxylic acids is 2. The summed E-state index contributed by atoms with van der Waals surface area (Å²) in [6.45, 7) is 1.16. The molecule has 0 bridgehead atoms. The van der Waals surface area contributed by atoms with E-state index < -0.39 is 23.9 Å². The van der Waals surface area contributed by atoms with Gasteiger partial charge in [-0.1, -0.05) is 15.9 Å². The first-order valence-electron chi connectivity index (χ1n) is 4.65. The third-order valence-electron chi connectivity index (χ3n) is 1.94. The van der Waals surface area contributed by atoms with Crippen LogP contribution in [0.25, 0.3) is 0 Å². The van der Waals surface area contributed by atoms with Gasteiger partial charge in [-0.3, -0.25) is 4.79 Å². The summed E-state index contributed by atoms with van der Waals surface area (Å²) in [7, 11) is 1.16. The van der Waals surface area contributed by atoms with Crippen molar-refractivity contribution in [2.45, 2.75) is 13.0 Å². The molecule has 0 aromatic heterocycles. The Bertz CT molecular complexity index is 447. The molecule has 0 amide bonds. The lowest BCUT2D eigenvalue weighted by Crippen LogP contribution is -2.20. The highest BCUT2D eigenvalue weighted by Crippen LogP contribution is 2.28. The summed E-state index contributed by atoms with van der Waals surface area (Å²) in [6, 6.07) is 3.74. The molecule has 0 saturated carbocycles. The van der Waals surface area contributed by atoms with Crippen molar-refractivity contribution in [3.8, 4) is 0 Å². The van der Waals surface area contributed by atoms with E-state index in [4.69, 9.17) is 4.74 Å². The number of carbonyl (C=O) groups is 2. The van der Waals surface area contributed by atoms with Crippen LogP contribution >= 0.6 is 15.9 Å². The summed E-state index contributed by atoms with van der Waals surface area (Å²) >= 11 is 3.15. The summed E-state index contributed by atoms with van der Waals surface area (Å²) in [5.41, 5.74) is 0.201. The minimum atomic E-state index is -1.28. The molecule has 17 heavy (non-hydrogen) atoms. The molecule has 1 aromatic rings. The SMILES string of the molecule is COC(=O)C(OC(C)=O)c1cc(F)ccc1Br. The molecule has 0 aliphatic heterocycles. The maximum Gasteiger partial charge on any atom is 0.352 e. The molecule has 0 N–H and O–H groups in total. The van der Waals surface area contributed by atoms with Gasteiger partial charge in [0.15, 0.2) is 0 Å². The summed E-state index contributed by atoms with van der Waals surface area (Å²) in [4.78, 5) is 22.4. The maximum atomic E-state index is 13.1. The monoisotopic (exact) mass is 304 g/mol. The Kier molecular flexibility index (Phi) is 4.62. The normalized spacial score (nSPS) is 11.8. The molecule has 0 heterocycles. The molecular weight excluding hydrogens is 295 g/mol. The quantitative estimate of drug-likeness (QED) is 0.805. The molecule has 1 atom stereocenters. The second-order valence-corrected chi connectivity index (χ2v) is 4.03. The highest BCUT2D eigenvalue weighted by Gasteiger charge is 2.27. The zero-order chi connectivity index (χ0) is 13.0. The largest absolute Gasteiger partial charge is 0.466 e. The van der Waals surface area contributed by atoms with E-state index in [0.29, 0.717) is 4.47 Å². The fraction of sp³-hybridized carbons (Fsp3) is 0.273. The van der Waals surface area contributed by atoms with Crippen LogP contribution in [0.4, 0.5) is 4.39 Å². The smallest absolute Gasteiger partial charge is 0.352 e. The van der Waals surface area contributed by atoms with Crippen molar-refractivity contribution in [2.24, 2.45) is 0 Å². The Labute approximate surface area is 106 Å². The van der Waals surface area contributed by atoms with Gasteiger partial charge in [0.25, 0.3) is 0 Å². The van der Waals surface area contributed by atoms with E-state index in [2.05, 4.69) is 20.7 Å². The maximum absolute atomic E-state index is 13.1. The Morgan fingerprint density at radius 1 is 1.41 bits per heavy atom. The zero-order valence-electron chi connectivity index (χ0n) is 9.20. The van der Waals surface area contributed by atoms with Gasteiger partial charge in [0.05, 0.1) is 7.11 Å². The number of hydrogen-bond acceptors (Lipinski definition) is 4. The predicted molar refractivity (Wildman–Crippen MR) is 60.6 cm³/mol. The second-order valence-electron chi connectivity index (χ2n) is 3.18. The molecule has 6 heteroatoms. The van der Waals surface area contributed by atoms with Crippen molar-refractivity contribution in [3.05, 3.63) is 34.1 Å². The fourth-order valence-electron chi connectivity index (χ4n) is 1.23. The van der Waals surface area contributed by atoms with Crippen LogP contribution in [0.3, 0.4) is 0 Å². The van der Waals surface area contributed by atoms with Gasteiger partial charge in [-0.2, -0.15) is 0 Å². The van der Waals surface area contributed by atoms with Crippen molar-refractivity contribution in [2.75, 3.05) is 7.11 Å². The lowest BCUT2D eigenvalue weighted by Gasteiger charge is -2.16. The number of rotatable bonds is 3. The van der Waals surface area contributed by atoms with Crippen molar-refractivity contribution < 1.29 is 23.5 Å². The van der Waals surface area contributed by atoms with Crippen LogP contribution in [0, 0.1) is 5.82 Å². The summed E-state index contributed by atoms with van der Waals surface area (Å²) in [6.07, 6.45) is -1.28. The van der Waals surface area contributed by atoms with E-state index in [9.17, 15) is 14.0 Å². The van der Waals surface area contributed by atoms with Crippen LogP contribution in [0.5, 0.6) is 0 Å². The molecule has 4 nitrogen and oxygen atoms in total. The van der Waals surface area contributed by atoms with E-state index in [1.54, 1.807) is 0 Å². The molecule has 0 spiro atoms. The summed E-state index contributed by atoms with van der Waals surface area (Å²) in [5.74, 6) is -1.97. The Balaban J connectivity index is 3.16. The molecule has 0 aliphatic carbocycles. The molecule has 0 saturated heterocycles. The van der Waals surface area contributed by atoms with Crippen LogP contribution in [0.1, 0.15) is 18.6 Å². The third kappa shape index (κ3) is 3.52. The van der Waals surface area contributed by atoms with Gasteiger partial charge in [0, 0.05) is 17.0 Å². The molecule has 1 rings (SSSR count). The minimum Gasteiger partial charge on any atom is -0.466 e. The fourth-order valence-corrected chi connectivity index (χ4v) is 1.68. The van der Waals surface area contributed by atoms with Crippen molar-refractivity contribution >= 4 is 27.9 Å². The van der Waals surface area contributed by atoms with Gasteiger partial charge in [0.1, 0.15) is 5.82 Å². The Hall–Kier alpha value is -1.43. The van der Waals surface area contributed by atoms with E-state index in [1.807, 2.05) is 0 Å². The topological polar surface area (TPSA) is 52.6 Å². The average molecular weight is 305 g/mol. The standard InChI is InChI=1S/C11H10BrFO4/c1-6(14)17-10(11(15)16-2)8-5-7(13)3-4-9(8)12/h3-5,10H,1-2H3. The first kappa shape index (κ1) is 13.6. The van der Waals surface area contributed by atoms with Gasteiger partial charge >= 0.3 is 11.9 Å². The van der Waals surface area contributed by atoms with Gasteiger partial charge in [-0.25, -0.2) is 9.18 Å². The second kappa shape index (κ2) is 5.77. The van der Waals surface area contributed by atoms with Crippen LogP contribution in [0.2, 0.25) is 0 Å². The van der Waals surface area contributed by atoms with Crippen molar-refractivity contribution in [1.82, 2.24) is 0 Å². The Morgan fingerprint density at radius 3 is 2.59 bits per heavy atom. The van der Waals surface area contributed by atoms with Crippen molar-refractivity contribution in [1.29, 1.82) is 0 Å². The number of halogens is 2. The lowest BCUT2D eigenvalue weighted by atomic mass is 10.1. The van der Waals surface area contributed by atoms with Crippen LogP contribution < -0.4 is 0 Å². The number of hydrogen-bond donors (Lipinski definition) is 0. The van der Waals surface area contributed by atoms with E-state index in [1.165, 1.54) is 12.1 Å². The predicted octanol–water partition coefficient (Wildman–Crippen LogP) is 2.37. The summed E-state index contributed by atoms with van der Waals surface area (Å²) < 4.78 is 22.9. The molecule has 92 valence electrons. The van der Waals surface area contributed by atoms with Gasteiger partial charge < -0.3 is 9.47 Å². The zero-order valence-corrected chi connectivity index (χ0v) is 10.8. The average Bonchev–Trinajstić information content (AvgIpc) is 2.28. The molecule has 1 aromatic carbocycles. The Morgan fingerprint density at radius 2 is 2.06 bits per heavy atom. The third-order valence-corrected chi connectivity index (χ3v) is 2.66. The molecule has 0 fully saturated rings. The van der Waals surface area contributed by atoms with Gasteiger partial charge in [-0.15, -0.1) is 0 Å². The number of benzene rings is 1. The first-order chi connectivity index (χ1) is 7.95. The van der Waals surface area contributed by atoms with E-state index in [0.717, 1.165) is 20.1 Å². The van der Waals surface area contributed by atoms with Crippen LogP contribution in [0.15, 0.2) is 22.7 Å². The molecule has 0 radical (unpaired) electrons. The van der Waals surface area contributed by atoms with Gasteiger partial charge in [0.2, 0.25) is 6.10 Å². The lowest BCUT2D eigenvalue weighted by molar-refractivity contribution is -0.165. The number of esters is 2. The van der Waals surface area contributed by atoms with Crippen LogP contribution in [-0.4, -0.2) is 19.0 Å². The van der Waals surface area contributed by atoms with Crippen molar-refractivity contribution in [3.63, 3.8) is 0 Å². The molecule has 1 unspecified atom stereocenters. The van der Waals surface area contributed by atoms with E-state index >= 15 is 0 Å². The van der Waals surface area contributed by atoms with E-state index in [-0.39, 0.29) is 5.56 Å². The number of ether oxygens (including phenoxy) is 2. The minimum absolute atomic E-state index is 0.201. The highest BCUT2D eigenvalue weighted by atomic mass is 79.9.